The van der Waals surface area contributed by atoms with Gasteiger partial charge in [0.2, 0.25) is 0 Å². The SMILES string of the molecule is N=C1C=Cc2ccc3ccc(-c4nc(-c5ccc(-c6ccccc6)cc5)nc(-c5cccc6c5oc5ccccc56)n4)cc3c2/C1=N/Nc1ccccc1. The summed E-state index contributed by atoms with van der Waals surface area (Å²) < 4.78 is 6.44. The number of rotatable bonds is 6. The predicted molar refractivity (Wildman–Crippen MR) is 220 cm³/mol. The fourth-order valence-electron chi connectivity index (χ4n) is 7.13. The second-order valence-corrected chi connectivity index (χ2v) is 13.2. The van der Waals surface area contributed by atoms with Gasteiger partial charge in [0.15, 0.2) is 17.5 Å². The number of hydrazone groups is 1. The highest BCUT2D eigenvalue weighted by Gasteiger charge is 2.22. The molecule has 54 heavy (non-hydrogen) atoms. The summed E-state index contributed by atoms with van der Waals surface area (Å²) in [6.07, 6.45) is 3.76. The minimum atomic E-state index is 0.325. The van der Waals surface area contributed by atoms with Gasteiger partial charge >= 0.3 is 0 Å². The van der Waals surface area contributed by atoms with Gasteiger partial charge in [-0.05, 0) is 63.9 Å². The minimum absolute atomic E-state index is 0.325. The lowest BCUT2D eigenvalue weighted by atomic mass is 9.88. The van der Waals surface area contributed by atoms with E-state index in [1.165, 1.54) is 0 Å². The molecule has 2 aromatic heterocycles. The lowest BCUT2D eigenvalue weighted by Crippen LogP contribution is -2.19. The molecular formula is C47H30N6O. The van der Waals surface area contributed by atoms with Gasteiger partial charge in [-0.25, -0.2) is 15.0 Å². The normalized spacial score (nSPS) is 13.2. The van der Waals surface area contributed by atoms with Crippen LogP contribution in [0.25, 0.3) is 84.1 Å². The molecular weight excluding hydrogens is 665 g/mol. The van der Waals surface area contributed by atoms with E-state index in [-0.39, 0.29) is 0 Å². The molecule has 0 saturated carbocycles. The van der Waals surface area contributed by atoms with Gasteiger partial charge in [-0.1, -0.05) is 133 Å². The highest BCUT2D eigenvalue weighted by atomic mass is 16.3. The Bertz CT molecular complexity index is 2970. The summed E-state index contributed by atoms with van der Waals surface area (Å²) >= 11 is 0. The van der Waals surface area contributed by atoms with Crippen molar-refractivity contribution in [3.8, 4) is 45.3 Å². The van der Waals surface area contributed by atoms with E-state index >= 15 is 0 Å². The highest BCUT2D eigenvalue weighted by molar-refractivity contribution is 6.55. The van der Waals surface area contributed by atoms with Gasteiger partial charge in [-0.3, -0.25) is 10.8 Å². The summed E-state index contributed by atoms with van der Waals surface area (Å²) in [7, 11) is 0. The van der Waals surface area contributed by atoms with Crippen LogP contribution in [0.1, 0.15) is 11.1 Å². The van der Waals surface area contributed by atoms with E-state index in [1.807, 2.05) is 91.0 Å². The molecule has 0 spiro atoms. The summed E-state index contributed by atoms with van der Waals surface area (Å²) in [6, 6.07) is 52.9. The van der Waals surface area contributed by atoms with E-state index in [9.17, 15) is 0 Å². The molecule has 0 bridgehead atoms. The maximum atomic E-state index is 8.86. The Balaban J connectivity index is 1.15. The number of nitrogens with one attached hydrogen (secondary N) is 2. The Morgan fingerprint density at radius 2 is 1.17 bits per heavy atom. The molecule has 0 unspecified atom stereocenters. The first kappa shape index (κ1) is 31.2. The van der Waals surface area contributed by atoms with Gasteiger partial charge in [0, 0.05) is 27.5 Å². The smallest absolute Gasteiger partial charge is 0.167 e. The molecule has 0 fully saturated rings. The molecule has 7 nitrogen and oxygen atoms in total. The summed E-state index contributed by atoms with van der Waals surface area (Å²) in [5.74, 6) is 1.59. The third-order valence-corrected chi connectivity index (χ3v) is 9.83. The van der Waals surface area contributed by atoms with Gasteiger partial charge in [0.25, 0.3) is 0 Å². The van der Waals surface area contributed by atoms with Crippen LogP contribution in [0, 0.1) is 5.41 Å². The molecule has 0 atom stereocenters. The number of nitrogens with zero attached hydrogens (tertiary/aromatic N) is 4. The molecule has 0 aliphatic heterocycles. The van der Waals surface area contributed by atoms with Crippen molar-refractivity contribution in [3.63, 3.8) is 0 Å². The first-order valence-corrected chi connectivity index (χ1v) is 17.7. The second kappa shape index (κ2) is 12.9. The van der Waals surface area contributed by atoms with Crippen LogP contribution in [0.5, 0.6) is 0 Å². The first-order chi connectivity index (χ1) is 26.7. The van der Waals surface area contributed by atoms with Gasteiger partial charge in [0.1, 0.15) is 16.9 Å². The molecule has 10 rings (SSSR count). The molecule has 0 saturated heterocycles. The summed E-state index contributed by atoms with van der Waals surface area (Å²) in [4.78, 5) is 15.3. The fraction of sp³-hybridized carbons (Fsp3) is 0. The second-order valence-electron chi connectivity index (χ2n) is 13.2. The molecule has 7 aromatic carbocycles. The maximum absolute atomic E-state index is 8.86. The van der Waals surface area contributed by atoms with Crippen LogP contribution in [0.4, 0.5) is 5.69 Å². The molecule has 9 aromatic rings. The summed E-state index contributed by atoms with van der Waals surface area (Å²) in [5.41, 5.74) is 13.0. The molecule has 0 radical (unpaired) electrons. The molecule has 2 N–H and O–H groups in total. The Morgan fingerprint density at radius 1 is 0.519 bits per heavy atom. The van der Waals surface area contributed by atoms with Crippen LogP contribution in [-0.4, -0.2) is 26.4 Å². The van der Waals surface area contributed by atoms with Crippen LogP contribution in [0.3, 0.4) is 0 Å². The number of allylic oxidation sites excluding steroid dienone is 1. The Labute approximate surface area is 310 Å². The zero-order chi connectivity index (χ0) is 36.0. The van der Waals surface area contributed by atoms with Crippen molar-refractivity contribution >= 4 is 55.9 Å². The van der Waals surface area contributed by atoms with Crippen LogP contribution in [0.2, 0.25) is 0 Å². The lowest BCUT2D eigenvalue weighted by molar-refractivity contribution is 0.669. The first-order valence-electron chi connectivity index (χ1n) is 17.7. The fourth-order valence-corrected chi connectivity index (χ4v) is 7.13. The molecule has 1 aliphatic rings. The molecule has 7 heteroatoms. The summed E-state index contributed by atoms with van der Waals surface area (Å²) in [5, 5.41) is 17.6. The average molecular weight is 695 g/mol. The number of hydrogen-bond acceptors (Lipinski definition) is 7. The zero-order valence-corrected chi connectivity index (χ0v) is 28.9. The minimum Gasteiger partial charge on any atom is -0.455 e. The largest absolute Gasteiger partial charge is 0.455 e. The molecule has 2 heterocycles. The van der Waals surface area contributed by atoms with Crippen LogP contribution >= 0.6 is 0 Å². The Hall–Kier alpha value is -7.51. The molecule has 254 valence electrons. The van der Waals surface area contributed by atoms with E-state index in [0.717, 1.165) is 77.3 Å². The van der Waals surface area contributed by atoms with Gasteiger partial charge in [-0.2, -0.15) is 5.10 Å². The highest BCUT2D eigenvalue weighted by Crippen LogP contribution is 2.37. The van der Waals surface area contributed by atoms with Crippen molar-refractivity contribution in [1.82, 2.24) is 15.0 Å². The topological polar surface area (TPSA) is 100 Å². The number of furan rings is 1. The zero-order valence-electron chi connectivity index (χ0n) is 28.9. The third-order valence-electron chi connectivity index (χ3n) is 9.83. The Morgan fingerprint density at radius 3 is 2.00 bits per heavy atom. The number of anilines is 1. The van der Waals surface area contributed by atoms with Crippen molar-refractivity contribution in [3.05, 3.63) is 175 Å². The van der Waals surface area contributed by atoms with Crippen molar-refractivity contribution in [1.29, 1.82) is 5.41 Å². The van der Waals surface area contributed by atoms with Crippen LogP contribution in [-0.2, 0) is 0 Å². The predicted octanol–water partition coefficient (Wildman–Crippen LogP) is 11.5. The lowest BCUT2D eigenvalue weighted by Gasteiger charge is -2.18. The van der Waals surface area contributed by atoms with Gasteiger partial charge in [0.05, 0.1) is 17.0 Å². The third kappa shape index (κ3) is 5.52. The quantitative estimate of drug-likeness (QED) is 0.169. The van der Waals surface area contributed by atoms with Crippen molar-refractivity contribution in [2.45, 2.75) is 0 Å². The number of aromatic nitrogens is 3. The van der Waals surface area contributed by atoms with E-state index < -0.39 is 0 Å². The van der Waals surface area contributed by atoms with Crippen molar-refractivity contribution in [2.24, 2.45) is 5.10 Å². The Kier molecular flexibility index (Phi) is 7.47. The summed E-state index contributed by atoms with van der Waals surface area (Å²) in [6.45, 7) is 0. The number of benzene rings is 7. The molecule has 1 aliphatic carbocycles. The average Bonchev–Trinajstić information content (AvgIpc) is 3.63. The van der Waals surface area contributed by atoms with E-state index in [1.54, 1.807) is 6.08 Å². The van der Waals surface area contributed by atoms with Crippen LogP contribution < -0.4 is 5.43 Å². The van der Waals surface area contributed by atoms with Crippen molar-refractivity contribution in [2.75, 3.05) is 5.43 Å². The van der Waals surface area contributed by atoms with E-state index in [0.29, 0.717) is 28.9 Å². The standard InChI is InChI=1S/C47H30N6O/c48-40-27-26-32-22-20-31-21-25-34(28-39(31)42(32)43(40)53-52-35-12-5-2-6-13-35)46-49-45(33-23-18-30(19-24-33)29-10-3-1-4-11-29)50-47(51-46)38-16-9-15-37-36-14-7-8-17-41(36)54-44(37)38/h1-28,48,52H/b48-40?,53-43+. The van der Waals surface area contributed by atoms with Crippen LogP contribution in [0.15, 0.2) is 173 Å². The van der Waals surface area contributed by atoms with E-state index in [2.05, 4.69) is 78.2 Å². The van der Waals surface area contributed by atoms with Gasteiger partial charge < -0.3 is 4.42 Å². The molecule has 0 amide bonds. The maximum Gasteiger partial charge on any atom is 0.167 e. The number of hydrogen-bond donors (Lipinski definition) is 2. The van der Waals surface area contributed by atoms with Crippen molar-refractivity contribution < 1.29 is 4.42 Å². The number of fused-ring (bicyclic) bond motifs is 6. The van der Waals surface area contributed by atoms with Gasteiger partial charge in [-0.15, -0.1) is 0 Å². The van der Waals surface area contributed by atoms with E-state index in [4.69, 9.17) is 29.9 Å². The monoisotopic (exact) mass is 694 g/mol. The number of para-hydroxylation sites is 3.